The number of rotatable bonds is 10. The summed E-state index contributed by atoms with van der Waals surface area (Å²) in [5, 5.41) is 9.72. The molecule has 1 aliphatic heterocycles. The summed E-state index contributed by atoms with van der Waals surface area (Å²) in [5.74, 6) is -0.598. The molecule has 3 rings (SSSR count). The average molecular weight is 388 g/mol. The van der Waals surface area contributed by atoms with Crippen molar-refractivity contribution in [3.63, 3.8) is 0 Å². The van der Waals surface area contributed by atoms with Crippen molar-refractivity contribution in [2.75, 3.05) is 33.0 Å². The Kier molecular flexibility index (Phi) is 7.25. The van der Waals surface area contributed by atoms with Gasteiger partial charge in [0, 0.05) is 23.3 Å². The van der Waals surface area contributed by atoms with Crippen molar-refractivity contribution in [3.05, 3.63) is 60.6 Å². The Morgan fingerprint density at radius 3 is 2.96 bits per heavy atom. The molecule has 150 valence electrons. The van der Waals surface area contributed by atoms with Gasteiger partial charge in [-0.05, 0) is 12.1 Å². The SMILES string of the molecule is C=CCOC(=O)C1=C[C@H](c2coc3ccccc23)C[C@H](OCCOCCO)O1. The third kappa shape index (κ3) is 5.01. The first-order valence-corrected chi connectivity index (χ1v) is 9.15. The van der Waals surface area contributed by atoms with E-state index >= 15 is 0 Å². The van der Waals surface area contributed by atoms with E-state index in [9.17, 15) is 4.79 Å². The summed E-state index contributed by atoms with van der Waals surface area (Å²) in [7, 11) is 0. The zero-order valence-corrected chi connectivity index (χ0v) is 15.5. The number of carbonyl (C=O) groups is 1. The van der Waals surface area contributed by atoms with E-state index in [1.165, 1.54) is 6.08 Å². The van der Waals surface area contributed by atoms with Gasteiger partial charge in [-0.25, -0.2) is 4.79 Å². The molecule has 1 aromatic carbocycles. The molecule has 0 aliphatic carbocycles. The summed E-state index contributed by atoms with van der Waals surface area (Å²) in [6.45, 7) is 4.44. The van der Waals surface area contributed by atoms with E-state index in [0.717, 1.165) is 16.5 Å². The lowest BCUT2D eigenvalue weighted by atomic mass is 9.92. The van der Waals surface area contributed by atoms with Crippen LogP contribution >= 0.6 is 0 Å². The largest absolute Gasteiger partial charge is 0.464 e. The summed E-state index contributed by atoms with van der Waals surface area (Å²) in [4.78, 5) is 12.3. The molecule has 1 N–H and O–H groups in total. The smallest absolute Gasteiger partial charge is 0.373 e. The van der Waals surface area contributed by atoms with Gasteiger partial charge in [-0.1, -0.05) is 30.9 Å². The molecule has 28 heavy (non-hydrogen) atoms. The fraction of sp³-hybridized carbons (Fsp3) is 0.381. The Hall–Kier alpha value is -2.61. The third-order valence-corrected chi connectivity index (χ3v) is 4.27. The monoisotopic (exact) mass is 388 g/mol. The molecular weight excluding hydrogens is 364 g/mol. The molecule has 2 heterocycles. The van der Waals surface area contributed by atoms with Gasteiger partial charge in [0.2, 0.25) is 12.0 Å². The van der Waals surface area contributed by atoms with Crippen LogP contribution in [0.5, 0.6) is 0 Å². The molecule has 1 aliphatic rings. The highest BCUT2D eigenvalue weighted by Gasteiger charge is 2.31. The number of ether oxygens (including phenoxy) is 4. The minimum Gasteiger partial charge on any atom is -0.464 e. The molecule has 0 saturated carbocycles. The molecule has 7 heteroatoms. The number of aliphatic hydroxyl groups is 1. The maximum Gasteiger partial charge on any atom is 0.373 e. The Labute approximate surface area is 163 Å². The van der Waals surface area contributed by atoms with Crippen molar-refractivity contribution < 1.29 is 33.3 Å². The number of hydrogen-bond acceptors (Lipinski definition) is 7. The molecule has 0 radical (unpaired) electrons. The van der Waals surface area contributed by atoms with Crippen LogP contribution in [0.4, 0.5) is 0 Å². The first kappa shape index (κ1) is 20.1. The van der Waals surface area contributed by atoms with Crippen LogP contribution in [0, 0.1) is 0 Å². The molecule has 2 atom stereocenters. The van der Waals surface area contributed by atoms with E-state index in [1.54, 1.807) is 12.3 Å². The lowest BCUT2D eigenvalue weighted by Gasteiger charge is -2.28. The number of aliphatic hydroxyl groups excluding tert-OH is 1. The van der Waals surface area contributed by atoms with E-state index in [2.05, 4.69) is 6.58 Å². The molecule has 7 nitrogen and oxygen atoms in total. The van der Waals surface area contributed by atoms with Crippen molar-refractivity contribution in [2.24, 2.45) is 0 Å². The second-order valence-electron chi connectivity index (χ2n) is 6.20. The Morgan fingerprint density at radius 1 is 1.29 bits per heavy atom. The van der Waals surface area contributed by atoms with Crippen LogP contribution in [0.2, 0.25) is 0 Å². The number of benzene rings is 1. The molecule has 0 bridgehead atoms. The normalized spacial score (nSPS) is 19.1. The summed E-state index contributed by atoms with van der Waals surface area (Å²) in [5.41, 5.74) is 1.74. The fourth-order valence-corrected chi connectivity index (χ4v) is 3.02. The van der Waals surface area contributed by atoms with E-state index in [0.29, 0.717) is 13.0 Å². The van der Waals surface area contributed by atoms with Crippen molar-refractivity contribution in [3.8, 4) is 0 Å². The number of carbonyl (C=O) groups excluding carboxylic acids is 1. The first-order chi connectivity index (χ1) is 13.7. The minimum absolute atomic E-state index is 0.0441. The standard InChI is InChI=1S/C21H24O7/c1-2-8-26-21(23)19-12-15(13-20(28-19)25-11-10-24-9-7-22)17-14-27-18-6-4-3-5-16(17)18/h2-6,12,14-15,20,22H,1,7-11,13H2/t15-,20+/m0/s1. The van der Waals surface area contributed by atoms with Crippen molar-refractivity contribution in [1.29, 1.82) is 0 Å². The quantitative estimate of drug-likeness (QED) is 0.380. The Balaban J connectivity index is 1.76. The number of fused-ring (bicyclic) bond motifs is 1. The zero-order valence-electron chi connectivity index (χ0n) is 15.5. The molecule has 0 saturated heterocycles. The minimum atomic E-state index is -0.632. The highest BCUT2D eigenvalue weighted by molar-refractivity contribution is 5.87. The molecule has 2 aromatic rings. The second kappa shape index (κ2) is 10.1. The molecule has 0 fully saturated rings. The predicted octanol–water partition coefficient (Wildman–Crippen LogP) is 2.90. The number of hydrogen-bond donors (Lipinski definition) is 1. The fourth-order valence-electron chi connectivity index (χ4n) is 3.02. The molecule has 0 unspecified atom stereocenters. The lowest BCUT2D eigenvalue weighted by molar-refractivity contribution is -0.163. The van der Waals surface area contributed by atoms with Gasteiger partial charge in [-0.15, -0.1) is 0 Å². The number of esters is 1. The van der Waals surface area contributed by atoms with Gasteiger partial charge < -0.3 is 28.5 Å². The van der Waals surface area contributed by atoms with Gasteiger partial charge in [0.25, 0.3) is 0 Å². The van der Waals surface area contributed by atoms with Crippen LogP contribution < -0.4 is 0 Å². The van der Waals surface area contributed by atoms with E-state index in [4.69, 9.17) is 28.5 Å². The topological polar surface area (TPSA) is 87.4 Å². The van der Waals surface area contributed by atoms with Crippen LogP contribution in [0.15, 0.2) is 59.4 Å². The highest BCUT2D eigenvalue weighted by atomic mass is 16.7. The van der Waals surface area contributed by atoms with Gasteiger partial charge in [-0.3, -0.25) is 0 Å². The lowest BCUT2D eigenvalue weighted by Crippen LogP contribution is -2.28. The van der Waals surface area contributed by atoms with E-state index in [1.807, 2.05) is 24.3 Å². The van der Waals surface area contributed by atoms with Gasteiger partial charge >= 0.3 is 5.97 Å². The number of allylic oxidation sites excluding steroid dienone is 1. The van der Waals surface area contributed by atoms with E-state index in [-0.39, 0.29) is 38.1 Å². The second-order valence-corrected chi connectivity index (χ2v) is 6.20. The Morgan fingerprint density at radius 2 is 2.14 bits per heavy atom. The van der Waals surface area contributed by atoms with E-state index < -0.39 is 12.3 Å². The van der Waals surface area contributed by atoms with Crippen molar-refractivity contribution in [1.82, 2.24) is 0 Å². The van der Waals surface area contributed by atoms with Crippen LogP contribution in [0.3, 0.4) is 0 Å². The first-order valence-electron chi connectivity index (χ1n) is 9.15. The van der Waals surface area contributed by atoms with Crippen LogP contribution in [0.1, 0.15) is 17.9 Å². The van der Waals surface area contributed by atoms with Crippen LogP contribution in [-0.4, -0.2) is 50.4 Å². The molecule has 0 spiro atoms. The van der Waals surface area contributed by atoms with Gasteiger partial charge in [0.05, 0.1) is 32.7 Å². The number of para-hydroxylation sites is 1. The average Bonchev–Trinajstić information content (AvgIpc) is 3.16. The molecule has 1 aromatic heterocycles. The molecule has 0 amide bonds. The summed E-state index contributed by atoms with van der Waals surface area (Å²) < 4.78 is 27.4. The predicted molar refractivity (Wildman–Crippen MR) is 102 cm³/mol. The summed E-state index contributed by atoms with van der Waals surface area (Å²) in [6, 6.07) is 7.72. The zero-order chi connectivity index (χ0) is 19.8. The van der Waals surface area contributed by atoms with Gasteiger partial charge in [-0.2, -0.15) is 0 Å². The maximum atomic E-state index is 12.3. The van der Waals surface area contributed by atoms with Crippen LogP contribution in [-0.2, 0) is 23.7 Å². The van der Waals surface area contributed by atoms with Crippen molar-refractivity contribution in [2.45, 2.75) is 18.6 Å². The Bertz CT molecular complexity index is 823. The summed E-state index contributed by atoms with van der Waals surface area (Å²) in [6.07, 6.45) is 4.82. The van der Waals surface area contributed by atoms with Gasteiger partial charge in [0.15, 0.2) is 0 Å². The number of furan rings is 1. The highest BCUT2D eigenvalue weighted by Crippen LogP contribution is 2.36. The van der Waals surface area contributed by atoms with Crippen molar-refractivity contribution >= 4 is 16.9 Å². The third-order valence-electron chi connectivity index (χ3n) is 4.27. The van der Waals surface area contributed by atoms with Gasteiger partial charge in [0.1, 0.15) is 12.2 Å². The summed E-state index contributed by atoms with van der Waals surface area (Å²) >= 11 is 0. The maximum absolute atomic E-state index is 12.3. The van der Waals surface area contributed by atoms with Crippen LogP contribution in [0.25, 0.3) is 11.0 Å². The molecular formula is C21H24O7.